The number of nitrogens with one attached hydrogen (secondary N) is 2. The summed E-state index contributed by atoms with van der Waals surface area (Å²) in [6.45, 7) is 6.32. The van der Waals surface area contributed by atoms with Crippen LogP contribution in [0.4, 0.5) is 21.5 Å². The zero-order valence-electron chi connectivity index (χ0n) is 22.5. The molecule has 200 valence electrons. The number of aromatic amines is 1. The van der Waals surface area contributed by atoms with E-state index in [9.17, 15) is 14.0 Å². The summed E-state index contributed by atoms with van der Waals surface area (Å²) in [5.41, 5.74) is 5.96. The quantitative estimate of drug-likeness (QED) is 0.226. The number of H-pyrrole nitrogens is 1. The number of hydrogen-bond donors (Lipinski definition) is 2. The highest BCUT2D eigenvalue weighted by atomic mass is 19.1. The van der Waals surface area contributed by atoms with Crippen molar-refractivity contribution in [2.24, 2.45) is 5.92 Å². The lowest BCUT2D eigenvalue weighted by molar-refractivity contribution is 0.0985. The molecule has 0 spiro atoms. The topological polar surface area (TPSA) is 65.2 Å². The minimum atomic E-state index is -0.424. The van der Waals surface area contributed by atoms with Crippen LogP contribution in [0.2, 0.25) is 0 Å². The molecule has 1 saturated heterocycles. The molecule has 0 saturated carbocycles. The molecule has 5 nitrogen and oxygen atoms in total. The summed E-state index contributed by atoms with van der Waals surface area (Å²) in [4.78, 5) is 30.7. The molecule has 39 heavy (non-hydrogen) atoms. The molecule has 3 aromatic carbocycles. The van der Waals surface area contributed by atoms with Gasteiger partial charge in [-0.1, -0.05) is 25.1 Å². The van der Waals surface area contributed by atoms with Crippen molar-refractivity contribution in [3.63, 3.8) is 0 Å². The molecule has 1 aromatic heterocycles. The number of carbonyl (C=O) groups is 2. The molecule has 1 aliphatic heterocycles. The molecule has 0 bridgehead atoms. The Morgan fingerprint density at radius 2 is 1.51 bits per heavy atom. The molecule has 1 fully saturated rings. The van der Waals surface area contributed by atoms with Gasteiger partial charge in [-0.15, -0.1) is 0 Å². The predicted molar refractivity (Wildman–Crippen MR) is 155 cm³/mol. The Hall–Kier alpha value is -4.19. The second-order valence-electron chi connectivity index (χ2n) is 10.6. The first-order chi connectivity index (χ1) is 18.8. The van der Waals surface area contributed by atoms with Crippen molar-refractivity contribution >= 4 is 28.6 Å². The van der Waals surface area contributed by atoms with E-state index in [0.717, 1.165) is 36.0 Å². The van der Waals surface area contributed by atoms with Crippen LogP contribution < -0.4 is 10.2 Å². The van der Waals surface area contributed by atoms with Crippen LogP contribution in [0.3, 0.4) is 0 Å². The highest BCUT2D eigenvalue weighted by molar-refractivity contribution is 5.98. The number of benzene rings is 3. The summed E-state index contributed by atoms with van der Waals surface area (Å²) in [5, 5.41) is 3.09. The summed E-state index contributed by atoms with van der Waals surface area (Å²) in [6, 6.07) is 22.0. The lowest BCUT2D eigenvalue weighted by atomic mass is 9.98. The summed E-state index contributed by atoms with van der Waals surface area (Å²) in [5.74, 6) is 0.370. The van der Waals surface area contributed by atoms with Crippen molar-refractivity contribution in [3.8, 4) is 0 Å². The molecule has 6 heteroatoms. The SMILES string of the molecule is Cc1cc(C(=O)Cc2ccc(Nc3ccc(CC(=O)c4ccc(N5CCC(C)CC5)cc4)cc3)c(F)c2)c[nH]1. The Morgan fingerprint density at radius 1 is 0.872 bits per heavy atom. The number of ketones is 2. The fourth-order valence-corrected chi connectivity index (χ4v) is 5.00. The molecule has 2 heterocycles. The maximum absolute atomic E-state index is 14.8. The summed E-state index contributed by atoms with van der Waals surface area (Å²) < 4.78 is 14.8. The number of Topliss-reactive ketones (excluding diaryl/α,β-unsaturated/α-hetero) is 2. The van der Waals surface area contributed by atoms with E-state index < -0.39 is 5.82 Å². The van der Waals surface area contributed by atoms with E-state index in [1.54, 1.807) is 24.4 Å². The number of aryl methyl sites for hydroxylation is 1. The summed E-state index contributed by atoms with van der Waals surface area (Å²) in [6.07, 6.45) is 4.53. The van der Waals surface area contributed by atoms with Crippen LogP contribution in [0.5, 0.6) is 0 Å². The first kappa shape index (κ1) is 26.4. The molecule has 0 amide bonds. The number of anilines is 3. The van der Waals surface area contributed by atoms with E-state index in [4.69, 9.17) is 0 Å². The largest absolute Gasteiger partial charge is 0.372 e. The van der Waals surface area contributed by atoms with Crippen molar-refractivity contribution in [1.29, 1.82) is 0 Å². The van der Waals surface area contributed by atoms with Gasteiger partial charge in [-0.3, -0.25) is 9.59 Å². The van der Waals surface area contributed by atoms with Gasteiger partial charge in [-0.05, 0) is 91.4 Å². The number of nitrogens with zero attached hydrogens (tertiary/aromatic N) is 1. The fraction of sp³-hybridized carbons (Fsp3) is 0.273. The smallest absolute Gasteiger partial charge is 0.168 e. The molecule has 0 radical (unpaired) electrons. The minimum Gasteiger partial charge on any atom is -0.372 e. The average Bonchev–Trinajstić information content (AvgIpc) is 3.38. The van der Waals surface area contributed by atoms with Gasteiger partial charge in [0.05, 0.1) is 5.69 Å². The van der Waals surface area contributed by atoms with Gasteiger partial charge in [0.2, 0.25) is 0 Å². The number of halogens is 1. The van der Waals surface area contributed by atoms with Gasteiger partial charge >= 0.3 is 0 Å². The van der Waals surface area contributed by atoms with Crippen LogP contribution in [-0.4, -0.2) is 29.6 Å². The second kappa shape index (κ2) is 11.7. The number of rotatable bonds is 9. The molecular formula is C33H34FN3O2. The van der Waals surface area contributed by atoms with Crippen LogP contribution in [0, 0.1) is 18.7 Å². The van der Waals surface area contributed by atoms with E-state index in [2.05, 4.69) is 22.1 Å². The standard InChI is InChI=1S/C33H34FN3O2/c1-22-13-15-37(16-14-22)29-10-6-26(7-11-29)32(38)19-24-3-8-28(9-4-24)36-31-12-5-25(18-30(31)34)20-33(39)27-17-23(2)35-21-27/h3-12,17-18,21-22,35-36H,13-16,19-20H2,1-2H3. The Kier molecular flexibility index (Phi) is 7.92. The van der Waals surface area contributed by atoms with Gasteiger partial charge in [0.15, 0.2) is 11.6 Å². The molecule has 4 aromatic rings. The first-order valence-corrected chi connectivity index (χ1v) is 13.5. The van der Waals surface area contributed by atoms with Gasteiger partial charge in [0.25, 0.3) is 0 Å². The highest BCUT2D eigenvalue weighted by Gasteiger charge is 2.17. The molecule has 5 rings (SSSR count). The highest BCUT2D eigenvalue weighted by Crippen LogP contribution is 2.25. The third-order valence-corrected chi connectivity index (χ3v) is 7.48. The van der Waals surface area contributed by atoms with Crippen molar-refractivity contribution in [2.45, 2.75) is 39.5 Å². The molecule has 2 N–H and O–H groups in total. The van der Waals surface area contributed by atoms with Crippen molar-refractivity contribution < 1.29 is 14.0 Å². The van der Waals surface area contributed by atoms with E-state index in [1.807, 2.05) is 55.5 Å². The molecule has 0 unspecified atom stereocenters. The molecule has 0 aliphatic carbocycles. The second-order valence-corrected chi connectivity index (χ2v) is 10.6. The van der Waals surface area contributed by atoms with Crippen molar-refractivity contribution in [3.05, 3.63) is 113 Å². The van der Waals surface area contributed by atoms with Crippen LogP contribution in [0.25, 0.3) is 0 Å². The monoisotopic (exact) mass is 523 g/mol. The maximum Gasteiger partial charge on any atom is 0.168 e. The Labute approximate surface area is 229 Å². The number of piperidine rings is 1. The third-order valence-electron chi connectivity index (χ3n) is 7.48. The Balaban J connectivity index is 1.16. The van der Waals surface area contributed by atoms with Gasteiger partial charge in [-0.2, -0.15) is 0 Å². The van der Waals surface area contributed by atoms with Crippen LogP contribution in [0.1, 0.15) is 57.3 Å². The summed E-state index contributed by atoms with van der Waals surface area (Å²) in [7, 11) is 0. The predicted octanol–water partition coefficient (Wildman–Crippen LogP) is 7.29. The van der Waals surface area contributed by atoms with Gasteiger partial charge in [0, 0.05) is 60.3 Å². The lowest BCUT2D eigenvalue weighted by Gasteiger charge is -2.32. The molecular weight excluding hydrogens is 489 g/mol. The number of aromatic nitrogens is 1. The molecule has 0 atom stereocenters. The van der Waals surface area contributed by atoms with Gasteiger partial charge in [0.1, 0.15) is 5.82 Å². The zero-order valence-corrected chi connectivity index (χ0v) is 22.5. The normalized spacial score (nSPS) is 13.9. The van der Waals surface area contributed by atoms with Crippen molar-refractivity contribution in [1.82, 2.24) is 4.98 Å². The maximum atomic E-state index is 14.8. The fourth-order valence-electron chi connectivity index (χ4n) is 5.00. The first-order valence-electron chi connectivity index (χ1n) is 13.5. The van der Waals surface area contributed by atoms with E-state index in [1.165, 1.54) is 24.6 Å². The summed E-state index contributed by atoms with van der Waals surface area (Å²) >= 11 is 0. The van der Waals surface area contributed by atoms with E-state index >= 15 is 0 Å². The van der Waals surface area contributed by atoms with E-state index in [-0.39, 0.29) is 18.0 Å². The third kappa shape index (κ3) is 6.63. The zero-order chi connectivity index (χ0) is 27.4. The van der Waals surface area contributed by atoms with Crippen molar-refractivity contribution in [2.75, 3.05) is 23.3 Å². The average molecular weight is 524 g/mol. The van der Waals surface area contributed by atoms with E-state index in [0.29, 0.717) is 28.8 Å². The van der Waals surface area contributed by atoms with Crippen LogP contribution in [0.15, 0.2) is 79.0 Å². The van der Waals surface area contributed by atoms with Gasteiger partial charge in [-0.25, -0.2) is 4.39 Å². The van der Waals surface area contributed by atoms with Crippen LogP contribution in [-0.2, 0) is 12.8 Å². The molecule has 1 aliphatic rings. The number of carbonyl (C=O) groups excluding carboxylic acids is 2. The Bertz CT molecular complexity index is 1450. The number of hydrogen-bond acceptors (Lipinski definition) is 4. The minimum absolute atomic E-state index is 0.0581. The van der Waals surface area contributed by atoms with Gasteiger partial charge < -0.3 is 15.2 Å². The van der Waals surface area contributed by atoms with Crippen LogP contribution >= 0.6 is 0 Å². The lowest BCUT2D eigenvalue weighted by Crippen LogP contribution is -2.32. The Morgan fingerprint density at radius 3 is 2.15 bits per heavy atom.